The summed E-state index contributed by atoms with van der Waals surface area (Å²) in [6, 6.07) is 6.51. The second-order valence-electron chi connectivity index (χ2n) is 4.44. The summed E-state index contributed by atoms with van der Waals surface area (Å²) in [6.07, 6.45) is 1.11. The maximum Gasteiger partial charge on any atom is 0.0778 e. The van der Waals surface area contributed by atoms with Crippen molar-refractivity contribution < 1.29 is 5.11 Å². The van der Waals surface area contributed by atoms with E-state index in [9.17, 15) is 5.11 Å². The number of benzene rings is 1. The van der Waals surface area contributed by atoms with Crippen molar-refractivity contribution in [2.75, 3.05) is 13.6 Å². The van der Waals surface area contributed by atoms with E-state index in [1.807, 2.05) is 0 Å². The molecular formula is C13H16ClNOS. The lowest BCUT2D eigenvalue weighted by atomic mass is 10.0. The van der Waals surface area contributed by atoms with E-state index >= 15 is 0 Å². The largest absolute Gasteiger partial charge is 0.391 e. The molecule has 0 amide bonds. The lowest BCUT2D eigenvalue weighted by Crippen LogP contribution is -2.18. The molecule has 0 atom stereocenters. The summed E-state index contributed by atoms with van der Waals surface area (Å²) >= 11 is 1.74. The molecule has 2 aromatic rings. The van der Waals surface area contributed by atoms with Crippen LogP contribution in [0.2, 0.25) is 0 Å². The van der Waals surface area contributed by atoms with E-state index in [1.54, 1.807) is 11.3 Å². The van der Waals surface area contributed by atoms with Crippen LogP contribution in [0.15, 0.2) is 18.2 Å². The van der Waals surface area contributed by atoms with Crippen molar-refractivity contribution in [3.8, 4) is 0 Å². The number of aliphatic hydroxyl groups is 1. The molecule has 0 fully saturated rings. The van der Waals surface area contributed by atoms with Crippen molar-refractivity contribution in [3.63, 3.8) is 0 Å². The summed E-state index contributed by atoms with van der Waals surface area (Å²) < 4.78 is 1.33. The van der Waals surface area contributed by atoms with Crippen molar-refractivity contribution >= 4 is 33.8 Å². The molecule has 0 bridgehead atoms. The number of nitrogens with zero attached hydrogens (tertiary/aromatic N) is 1. The molecule has 0 saturated carbocycles. The third-order valence-electron chi connectivity index (χ3n) is 3.32. The minimum atomic E-state index is 0. The molecule has 1 aliphatic rings. The zero-order chi connectivity index (χ0) is 11.1. The first kappa shape index (κ1) is 12.8. The summed E-state index contributed by atoms with van der Waals surface area (Å²) in [6.45, 7) is 2.23. The van der Waals surface area contributed by atoms with Crippen LogP contribution >= 0.6 is 23.7 Å². The van der Waals surface area contributed by atoms with Crippen molar-refractivity contribution in [2.24, 2.45) is 0 Å². The Bertz CT molecular complexity index is 537. The summed E-state index contributed by atoms with van der Waals surface area (Å²) in [4.78, 5) is 3.47. The molecule has 0 unspecified atom stereocenters. The van der Waals surface area contributed by atoms with Gasteiger partial charge in [0.25, 0.3) is 0 Å². The van der Waals surface area contributed by atoms with Crippen molar-refractivity contribution in [3.05, 3.63) is 34.2 Å². The first-order valence-corrected chi connectivity index (χ1v) is 6.43. The number of rotatable bonds is 1. The molecule has 0 spiro atoms. The van der Waals surface area contributed by atoms with E-state index in [0.29, 0.717) is 0 Å². The topological polar surface area (TPSA) is 23.5 Å². The number of hydrogen-bond donors (Lipinski definition) is 1. The van der Waals surface area contributed by atoms with Gasteiger partial charge in [0.05, 0.1) is 6.61 Å². The van der Waals surface area contributed by atoms with E-state index in [2.05, 4.69) is 30.1 Å². The smallest absolute Gasteiger partial charge is 0.0778 e. The van der Waals surface area contributed by atoms with Crippen LogP contribution in [0, 0.1) is 0 Å². The Labute approximate surface area is 111 Å². The van der Waals surface area contributed by atoms with Crippen LogP contribution in [-0.4, -0.2) is 23.6 Å². The molecule has 0 aliphatic carbocycles. The summed E-state index contributed by atoms with van der Waals surface area (Å²) in [7, 11) is 2.15. The van der Waals surface area contributed by atoms with Gasteiger partial charge in [0, 0.05) is 28.1 Å². The number of halogens is 1. The van der Waals surface area contributed by atoms with Crippen LogP contribution in [-0.2, 0) is 19.6 Å². The Hall–Kier alpha value is -0.610. The first-order chi connectivity index (χ1) is 7.79. The number of hydrogen-bond acceptors (Lipinski definition) is 3. The van der Waals surface area contributed by atoms with Crippen molar-refractivity contribution in [1.82, 2.24) is 4.90 Å². The summed E-state index contributed by atoms with van der Waals surface area (Å²) in [5.74, 6) is 0. The van der Waals surface area contributed by atoms with Gasteiger partial charge < -0.3 is 10.0 Å². The van der Waals surface area contributed by atoms with Gasteiger partial charge >= 0.3 is 0 Å². The maximum atomic E-state index is 9.44. The third kappa shape index (κ3) is 2.08. The molecule has 3 rings (SSSR count). The Morgan fingerprint density at radius 2 is 2.24 bits per heavy atom. The molecule has 1 aromatic carbocycles. The van der Waals surface area contributed by atoms with Crippen LogP contribution in [0.3, 0.4) is 0 Å². The maximum absolute atomic E-state index is 9.44. The fourth-order valence-corrected chi connectivity index (χ4v) is 3.62. The SMILES string of the molecule is CN1CCc2cccc3sc(CO)c(c23)C1.Cl. The van der Waals surface area contributed by atoms with E-state index in [4.69, 9.17) is 0 Å². The number of thiophene rings is 1. The van der Waals surface area contributed by atoms with Crippen LogP contribution in [0.5, 0.6) is 0 Å². The molecule has 4 heteroatoms. The minimum Gasteiger partial charge on any atom is -0.391 e. The van der Waals surface area contributed by atoms with Gasteiger partial charge in [0.1, 0.15) is 0 Å². The zero-order valence-electron chi connectivity index (χ0n) is 9.77. The highest BCUT2D eigenvalue weighted by Gasteiger charge is 2.19. The predicted octanol–water partition coefficient (Wildman–Crippen LogP) is 2.80. The second kappa shape index (κ2) is 4.94. The quantitative estimate of drug-likeness (QED) is 0.861. The highest BCUT2D eigenvalue weighted by atomic mass is 35.5. The van der Waals surface area contributed by atoms with E-state index in [-0.39, 0.29) is 19.0 Å². The highest BCUT2D eigenvalue weighted by molar-refractivity contribution is 7.19. The van der Waals surface area contributed by atoms with Crippen LogP contribution in [0.25, 0.3) is 10.1 Å². The van der Waals surface area contributed by atoms with Gasteiger partial charge in [-0.3, -0.25) is 0 Å². The Balaban J connectivity index is 0.00000108. The van der Waals surface area contributed by atoms with Crippen LogP contribution in [0.4, 0.5) is 0 Å². The minimum absolute atomic E-state index is 0. The standard InChI is InChI=1S/C13H15NOS.ClH/c1-14-6-5-9-3-2-4-11-13(9)10(7-14)12(8-15)16-11;/h2-4,15H,5-8H2,1H3;1H. The number of likely N-dealkylation sites (N-methyl/N-ethyl adjacent to an activating group) is 1. The average molecular weight is 270 g/mol. The van der Waals surface area contributed by atoms with Gasteiger partial charge in [0.15, 0.2) is 0 Å². The molecule has 2 heterocycles. The van der Waals surface area contributed by atoms with Crippen LogP contribution < -0.4 is 0 Å². The van der Waals surface area contributed by atoms with Gasteiger partial charge in [-0.1, -0.05) is 12.1 Å². The van der Waals surface area contributed by atoms with Gasteiger partial charge in [-0.2, -0.15) is 0 Å². The Kier molecular flexibility index (Phi) is 3.73. The molecule has 92 valence electrons. The fraction of sp³-hybridized carbons (Fsp3) is 0.385. The van der Waals surface area contributed by atoms with Gasteiger partial charge in [0.2, 0.25) is 0 Å². The highest BCUT2D eigenvalue weighted by Crippen LogP contribution is 2.36. The Morgan fingerprint density at radius 1 is 1.41 bits per heavy atom. The van der Waals surface area contributed by atoms with Gasteiger partial charge in [-0.15, -0.1) is 23.7 Å². The molecule has 0 saturated heterocycles. The third-order valence-corrected chi connectivity index (χ3v) is 4.50. The predicted molar refractivity (Wildman–Crippen MR) is 75.0 cm³/mol. The number of aliphatic hydroxyl groups excluding tert-OH is 1. The molecule has 17 heavy (non-hydrogen) atoms. The van der Waals surface area contributed by atoms with E-state index in [0.717, 1.165) is 24.4 Å². The lowest BCUT2D eigenvalue weighted by molar-refractivity contribution is 0.280. The fourth-order valence-electron chi connectivity index (χ4n) is 2.50. The summed E-state index contributed by atoms with van der Waals surface area (Å²) in [5, 5.41) is 10.8. The van der Waals surface area contributed by atoms with E-state index < -0.39 is 0 Å². The van der Waals surface area contributed by atoms with E-state index in [1.165, 1.54) is 21.2 Å². The lowest BCUT2D eigenvalue weighted by Gasteiger charge is -2.13. The molecule has 1 N–H and O–H groups in total. The molecule has 0 radical (unpaired) electrons. The zero-order valence-corrected chi connectivity index (χ0v) is 11.4. The van der Waals surface area contributed by atoms with Crippen molar-refractivity contribution in [2.45, 2.75) is 19.6 Å². The average Bonchev–Trinajstić information content (AvgIpc) is 2.55. The normalized spacial score (nSPS) is 15.6. The van der Waals surface area contributed by atoms with Gasteiger partial charge in [-0.25, -0.2) is 0 Å². The molecule has 1 aliphatic heterocycles. The van der Waals surface area contributed by atoms with Crippen LogP contribution in [0.1, 0.15) is 16.0 Å². The Morgan fingerprint density at radius 3 is 3.00 bits per heavy atom. The molecule has 1 aromatic heterocycles. The summed E-state index contributed by atoms with van der Waals surface area (Å²) in [5.41, 5.74) is 2.78. The van der Waals surface area contributed by atoms with Crippen molar-refractivity contribution in [1.29, 1.82) is 0 Å². The molecular weight excluding hydrogens is 254 g/mol. The first-order valence-electron chi connectivity index (χ1n) is 5.61. The second-order valence-corrected chi connectivity index (χ2v) is 5.58. The molecule has 2 nitrogen and oxygen atoms in total. The monoisotopic (exact) mass is 269 g/mol. The van der Waals surface area contributed by atoms with Gasteiger partial charge in [-0.05, 0) is 30.7 Å².